The van der Waals surface area contributed by atoms with Crippen molar-refractivity contribution in [2.75, 3.05) is 0 Å². The zero-order valence-electron chi connectivity index (χ0n) is 26.3. The molecule has 0 heterocycles. The predicted octanol–water partition coefficient (Wildman–Crippen LogP) is 11.8. The minimum Gasteiger partial charge on any atom is -0.247 e. The third kappa shape index (κ3) is 7.00. The van der Waals surface area contributed by atoms with Crippen LogP contribution < -0.4 is 0 Å². The van der Waals surface area contributed by atoms with E-state index in [1.807, 2.05) is 40.2 Å². The standard InChI is InChI=1S/C27H46.C6H13F.C2H6/c1-19(2)9-8-10-20(3)23-14-15-24-22-13-12-21-11-6-7-17-26(21,4)25(22)16-18-27(23,24)5;1-4-6(7)5(2)3;1-2/h12,19-20,22-25H,6-11,13-18H2,1-5H3;5-6H,4H2,1-3H3;1-2H3. The van der Waals surface area contributed by atoms with Crippen molar-refractivity contribution in [1.82, 2.24) is 0 Å². The van der Waals surface area contributed by atoms with Gasteiger partial charge in [-0.25, -0.2) is 4.39 Å². The highest BCUT2D eigenvalue weighted by Crippen LogP contribution is 2.67. The Labute approximate surface area is 227 Å². The molecular formula is C35H65F. The second-order valence-electron chi connectivity index (χ2n) is 14.2. The van der Waals surface area contributed by atoms with E-state index in [2.05, 4.69) is 40.7 Å². The highest BCUT2D eigenvalue weighted by atomic mass is 19.1. The zero-order chi connectivity index (χ0) is 27.1. The van der Waals surface area contributed by atoms with Crippen LogP contribution in [0.1, 0.15) is 153 Å². The molecule has 0 aromatic carbocycles. The average molecular weight is 505 g/mol. The van der Waals surface area contributed by atoms with Crippen molar-refractivity contribution in [3.8, 4) is 0 Å². The van der Waals surface area contributed by atoms with E-state index >= 15 is 0 Å². The minimum atomic E-state index is -0.597. The fourth-order valence-electron chi connectivity index (χ4n) is 9.19. The third-order valence-electron chi connectivity index (χ3n) is 11.3. The third-order valence-corrected chi connectivity index (χ3v) is 11.3. The maximum absolute atomic E-state index is 12.3. The summed E-state index contributed by atoms with van der Waals surface area (Å²) < 4.78 is 12.3. The lowest BCUT2D eigenvalue weighted by molar-refractivity contribution is -0.0500. The van der Waals surface area contributed by atoms with Crippen LogP contribution in [0.5, 0.6) is 0 Å². The van der Waals surface area contributed by atoms with Gasteiger partial charge >= 0.3 is 0 Å². The molecule has 212 valence electrons. The van der Waals surface area contributed by atoms with Crippen molar-refractivity contribution >= 4 is 0 Å². The number of allylic oxidation sites excluding steroid dienone is 2. The maximum Gasteiger partial charge on any atom is 0.102 e. The topological polar surface area (TPSA) is 0 Å². The molecule has 4 aliphatic rings. The SMILES string of the molecule is CC.CC(C)CCCC(C)C1CCC2C3CC=C4CCCCC4(C)C3CCC12C.CCC(F)C(C)C. The van der Waals surface area contributed by atoms with E-state index in [0.29, 0.717) is 17.3 Å². The Morgan fingerprint density at radius 3 is 2.19 bits per heavy atom. The van der Waals surface area contributed by atoms with Crippen LogP contribution in [-0.2, 0) is 0 Å². The molecule has 0 bridgehead atoms. The molecule has 0 spiro atoms. The van der Waals surface area contributed by atoms with Crippen molar-refractivity contribution in [3.63, 3.8) is 0 Å². The molecule has 0 radical (unpaired) electrons. The first kappa shape index (κ1) is 31.9. The molecule has 0 nitrogen and oxygen atoms in total. The molecule has 8 atom stereocenters. The monoisotopic (exact) mass is 505 g/mol. The highest BCUT2D eigenvalue weighted by Gasteiger charge is 2.58. The summed E-state index contributed by atoms with van der Waals surface area (Å²) in [5.74, 6) is 6.04. The van der Waals surface area contributed by atoms with Crippen molar-refractivity contribution in [1.29, 1.82) is 0 Å². The molecule has 0 aliphatic heterocycles. The van der Waals surface area contributed by atoms with Gasteiger partial charge in [-0.15, -0.1) is 0 Å². The summed E-state index contributed by atoms with van der Waals surface area (Å²) in [7, 11) is 0. The fourth-order valence-corrected chi connectivity index (χ4v) is 9.19. The molecule has 3 saturated carbocycles. The van der Waals surface area contributed by atoms with Crippen LogP contribution in [0.15, 0.2) is 11.6 Å². The molecule has 1 heteroatoms. The van der Waals surface area contributed by atoms with E-state index in [1.54, 1.807) is 0 Å². The molecule has 0 aromatic rings. The van der Waals surface area contributed by atoms with Gasteiger partial charge in [0.2, 0.25) is 0 Å². The molecule has 8 unspecified atom stereocenters. The lowest BCUT2D eigenvalue weighted by Gasteiger charge is -2.58. The molecule has 0 aromatic heterocycles. The molecule has 0 amide bonds. The van der Waals surface area contributed by atoms with Gasteiger partial charge in [0.15, 0.2) is 0 Å². The first-order valence-electron chi connectivity index (χ1n) is 16.4. The Morgan fingerprint density at radius 2 is 1.61 bits per heavy atom. The second kappa shape index (κ2) is 14.2. The first-order chi connectivity index (χ1) is 17.0. The van der Waals surface area contributed by atoms with Crippen LogP contribution in [-0.4, -0.2) is 6.17 Å². The van der Waals surface area contributed by atoms with Gasteiger partial charge in [0.25, 0.3) is 0 Å². The van der Waals surface area contributed by atoms with Crippen LogP contribution in [0, 0.1) is 52.3 Å². The van der Waals surface area contributed by atoms with Gasteiger partial charge in [0.05, 0.1) is 0 Å². The number of alkyl halides is 1. The number of fused-ring (bicyclic) bond motifs is 5. The minimum absolute atomic E-state index is 0.199. The lowest BCUT2D eigenvalue weighted by atomic mass is 9.47. The molecule has 3 fully saturated rings. The molecule has 4 rings (SSSR count). The Hall–Kier alpha value is -0.330. The van der Waals surface area contributed by atoms with Crippen molar-refractivity contribution < 1.29 is 4.39 Å². The summed E-state index contributed by atoms with van der Waals surface area (Å²) in [5.41, 5.74) is 3.09. The van der Waals surface area contributed by atoms with Gasteiger partial charge in [-0.2, -0.15) is 0 Å². The quantitative estimate of drug-likeness (QED) is 0.302. The summed E-state index contributed by atoms with van der Waals surface area (Å²) in [6.45, 7) is 22.4. The Balaban J connectivity index is 0.000000440. The number of hydrogen-bond acceptors (Lipinski definition) is 0. The van der Waals surface area contributed by atoms with Gasteiger partial charge in [0, 0.05) is 0 Å². The number of rotatable bonds is 7. The van der Waals surface area contributed by atoms with Crippen LogP contribution in [0.25, 0.3) is 0 Å². The van der Waals surface area contributed by atoms with Gasteiger partial charge in [-0.1, -0.05) is 107 Å². The predicted molar refractivity (Wildman–Crippen MR) is 159 cm³/mol. The summed E-state index contributed by atoms with van der Waals surface area (Å²) in [5, 5.41) is 0. The zero-order valence-corrected chi connectivity index (χ0v) is 26.3. The summed E-state index contributed by atoms with van der Waals surface area (Å²) >= 11 is 0. The summed E-state index contributed by atoms with van der Waals surface area (Å²) in [6, 6.07) is 0. The summed E-state index contributed by atoms with van der Waals surface area (Å²) in [4.78, 5) is 0. The highest BCUT2D eigenvalue weighted by molar-refractivity contribution is 5.24. The van der Waals surface area contributed by atoms with Crippen molar-refractivity contribution in [3.05, 3.63) is 11.6 Å². The molecular weight excluding hydrogens is 439 g/mol. The van der Waals surface area contributed by atoms with Crippen molar-refractivity contribution in [2.45, 2.75) is 159 Å². The molecule has 0 saturated heterocycles. The Morgan fingerprint density at radius 1 is 0.917 bits per heavy atom. The van der Waals surface area contributed by atoms with Crippen molar-refractivity contribution in [2.24, 2.45) is 52.3 Å². The van der Waals surface area contributed by atoms with E-state index < -0.39 is 6.17 Å². The van der Waals surface area contributed by atoms with E-state index in [0.717, 1.165) is 35.5 Å². The lowest BCUT2D eigenvalue weighted by Crippen LogP contribution is -2.50. The smallest absolute Gasteiger partial charge is 0.102 e. The van der Waals surface area contributed by atoms with Gasteiger partial charge in [0.1, 0.15) is 6.17 Å². The van der Waals surface area contributed by atoms with E-state index in [4.69, 9.17) is 0 Å². The Bertz CT molecular complexity index is 662. The van der Waals surface area contributed by atoms with Crippen LogP contribution in [0.3, 0.4) is 0 Å². The van der Waals surface area contributed by atoms with Crippen LogP contribution in [0.2, 0.25) is 0 Å². The fraction of sp³-hybridized carbons (Fsp3) is 0.943. The van der Waals surface area contributed by atoms with Crippen LogP contribution in [0.4, 0.5) is 4.39 Å². The molecule has 36 heavy (non-hydrogen) atoms. The van der Waals surface area contributed by atoms with Gasteiger partial charge in [-0.05, 0) is 110 Å². The Kier molecular flexibility index (Phi) is 12.5. The normalized spacial score (nSPS) is 36.9. The maximum atomic E-state index is 12.3. The van der Waals surface area contributed by atoms with Gasteiger partial charge < -0.3 is 0 Å². The molecule has 4 aliphatic carbocycles. The average Bonchev–Trinajstić information content (AvgIpc) is 3.21. The van der Waals surface area contributed by atoms with Crippen LogP contribution >= 0.6 is 0 Å². The largest absolute Gasteiger partial charge is 0.247 e. The van der Waals surface area contributed by atoms with E-state index in [9.17, 15) is 4.39 Å². The molecule has 0 N–H and O–H groups in total. The van der Waals surface area contributed by atoms with Gasteiger partial charge in [-0.3, -0.25) is 0 Å². The van der Waals surface area contributed by atoms with E-state index in [-0.39, 0.29) is 5.92 Å². The number of hydrogen-bond donors (Lipinski definition) is 0. The second-order valence-corrected chi connectivity index (χ2v) is 14.2. The van der Waals surface area contributed by atoms with E-state index in [1.165, 1.54) is 77.0 Å². The number of halogens is 1. The summed E-state index contributed by atoms with van der Waals surface area (Å²) in [6.07, 6.45) is 20.5. The first-order valence-corrected chi connectivity index (χ1v) is 16.4.